The zero-order valence-electron chi connectivity index (χ0n) is 6.87. The van der Waals surface area contributed by atoms with E-state index >= 15 is 0 Å². The Morgan fingerprint density at radius 3 is 3.15 bits per heavy atom. The van der Waals surface area contributed by atoms with Gasteiger partial charge in [-0.25, -0.2) is 0 Å². The van der Waals surface area contributed by atoms with Crippen LogP contribution in [0.4, 0.5) is 0 Å². The molecule has 0 saturated carbocycles. The quantitative estimate of drug-likeness (QED) is 0.816. The van der Waals surface area contributed by atoms with E-state index in [0.717, 1.165) is 10.2 Å². The minimum absolute atomic E-state index is 0.0270. The summed E-state index contributed by atoms with van der Waals surface area (Å²) in [7, 11) is 0. The lowest BCUT2D eigenvalue weighted by Crippen LogP contribution is -2.32. The van der Waals surface area contributed by atoms with Crippen LogP contribution in [-0.4, -0.2) is 24.4 Å². The second-order valence-electron chi connectivity index (χ2n) is 2.80. The predicted octanol–water partition coefficient (Wildman–Crippen LogP) is 1.58. The van der Waals surface area contributed by atoms with Gasteiger partial charge in [0.15, 0.2) is 17.6 Å². The van der Waals surface area contributed by atoms with E-state index in [0.29, 0.717) is 12.4 Å². The molecule has 4 heteroatoms. The Morgan fingerprint density at radius 1 is 1.54 bits per heavy atom. The summed E-state index contributed by atoms with van der Waals surface area (Å²) in [5.41, 5.74) is 0. The van der Waals surface area contributed by atoms with Crippen LogP contribution in [0.2, 0.25) is 0 Å². The molecule has 70 valence electrons. The highest BCUT2D eigenvalue weighted by Gasteiger charge is 2.21. The molecule has 1 aliphatic rings. The first-order valence-corrected chi connectivity index (χ1v) is 4.79. The van der Waals surface area contributed by atoms with Gasteiger partial charge in [-0.05, 0) is 28.1 Å². The van der Waals surface area contributed by atoms with E-state index in [1.807, 2.05) is 18.2 Å². The van der Waals surface area contributed by atoms with E-state index < -0.39 is 0 Å². The van der Waals surface area contributed by atoms with Crippen molar-refractivity contribution >= 4 is 15.9 Å². The van der Waals surface area contributed by atoms with Gasteiger partial charge in [-0.3, -0.25) is 0 Å². The summed E-state index contributed by atoms with van der Waals surface area (Å²) < 4.78 is 11.7. The molecule has 0 bridgehead atoms. The minimum atomic E-state index is -0.258. The summed E-state index contributed by atoms with van der Waals surface area (Å²) in [5.74, 6) is 1.40. The van der Waals surface area contributed by atoms with Crippen LogP contribution in [0, 0.1) is 0 Å². The Bertz CT molecular complexity index is 314. The number of para-hydroxylation sites is 1. The summed E-state index contributed by atoms with van der Waals surface area (Å²) in [6.45, 7) is 0.376. The average molecular weight is 245 g/mol. The van der Waals surface area contributed by atoms with E-state index in [9.17, 15) is 0 Å². The molecule has 0 spiro atoms. The first-order valence-electron chi connectivity index (χ1n) is 4.00. The van der Waals surface area contributed by atoms with Gasteiger partial charge in [0.25, 0.3) is 0 Å². The lowest BCUT2D eigenvalue weighted by Gasteiger charge is -2.25. The van der Waals surface area contributed by atoms with E-state index in [1.165, 1.54) is 0 Å². The van der Waals surface area contributed by atoms with Crippen LogP contribution in [-0.2, 0) is 0 Å². The van der Waals surface area contributed by atoms with Gasteiger partial charge in [0, 0.05) is 0 Å². The molecule has 1 aliphatic heterocycles. The maximum Gasteiger partial charge on any atom is 0.176 e. The van der Waals surface area contributed by atoms with Crippen LogP contribution in [0.5, 0.6) is 11.5 Å². The van der Waals surface area contributed by atoms with E-state index in [4.69, 9.17) is 14.6 Å². The highest BCUT2D eigenvalue weighted by molar-refractivity contribution is 9.10. The van der Waals surface area contributed by atoms with Crippen LogP contribution in [0.25, 0.3) is 0 Å². The predicted molar refractivity (Wildman–Crippen MR) is 51.1 cm³/mol. The van der Waals surface area contributed by atoms with Gasteiger partial charge in [0.2, 0.25) is 0 Å². The molecule has 0 fully saturated rings. The van der Waals surface area contributed by atoms with Gasteiger partial charge < -0.3 is 14.6 Å². The average Bonchev–Trinajstić information content (AvgIpc) is 2.18. The van der Waals surface area contributed by atoms with Gasteiger partial charge in [-0.15, -0.1) is 0 Å². The molecule has 1 atom stereocenters. The van der Waals surface area contributed by atoms with Crippen molar-refractivity contribution < 1.29 is 14.6 Å². The summed E-state index contributed by atoms with van der Waals surface area (Å²) in [4.78, 5) is 0. The molecular weight excluding hydrogens is 236 g/mol. The minimum Gasteiger partial charge on any atom is -0.486 e. The standard InChI is InChI=1S/C9H9BrO3/c10-7-2-1-3-8-9(7)13-6(4-11)5-12-8/h1-3,6,11H,4-5H2. The topological polar surface area (TPSA) is 38.7 Å². The van der Waals surface area contributed by atoms with Crippen molar-refractivity contribution in [3.05, 3.63) is 22.7 Å². The normalized spacial score (nSPS) is 20.0. The van der Waals surface area contributed by atoms with Gasteiger partial charge in [-0.1, -0.05) is 6.07 Å². The third-order valence-electron chi connectivity index (χ3n) is 1.84. The van der Waals surface area contributed by atoms with Crippen LogP contribution in [0.15, 0.2) is 22.7 Å². The largest absolute Gasteiger partial charge is 0.486 e. The number of halogens is 1. The van der Waals surface area contributed by atoms with E-state index in [-0.39, 0.29) is 12.7 Å². The molecule has 1 unspecified atom stereocenters. The van der Waals surface area contributed by atoms with Crippen molar-refractivity contribution in [1.82, 2.24) is 0 Å². The fourth-order valence-electron chi connectivity index (χ4n) is 1.19. The number of hydrogen-bond acceptors (Lipinski definition) is 3. The van der Waals surface area contributed by atoms with Crippen molar-refractivity contribution in [2.24, 2.45) is 0 Å². The second-order valence-corrected chi connectivity index (χ2v) is 3.65. The van der Waals surface area contributed by atoms with E-state index in [2.05, 4.69) is 15.9 Å². The van der Waals surface area contributed by atoms with Gasteiger partial charge >= 0.3 is 0 Å². The number of benzene rings is 1. The zero-order chi connectivity index (χ0) is 9.26. The fourth-order valence-corrected chi connectivity index (χ4v) is 1.63. The third kappa shape index (κ3) is 1.64. The number of aliphatic hydroxyl groups is 1. The van der Waals surface area contributed by atoms with E-state index in [1.54, 1.807) is 0 Å². The molecule has 2 rings (SSSR count). The molecule has 1 aromatic rings. The number of rotatable bonds is 1. The Morgan fingerprint density at radius 2 is 2.38 bits per heavy atom. The lowest BCUT2D eigenvalue weighted by atomic mass is 10.3. The van der Waals surface area contributed by atoms with Crippen molar-refractivity contribution in [2.75, 3.05) is 13.2 Å². The summed E-state index contributed by atoms with van der Waals surface area (Å²) >= 11 is 3.35. The van der Waals surface area contributed by atoms with Crippen LogP contribution >= 0.6 is 15.9 Å². The molecule has 0 radical (unpaired) electrons. The maximum atomic E-state index is 8.89. The Kier molecular flexibility index (Phi) is 2.42. The molecule has 1 heterocycles. The molecular formula is C9H9BrO3. The smallest absolute Gasteiger partial charge is 0.176 e. The number of ether oxygens (including phenoxy) is 2. The Balaban J connectivity index is 2.32. The van der Waals surface area contributed by atoms with Gasteiger partial charge in [-0.2, -0.15) is 0 Å². The first kappa shape index (κ1) is 8.84. The highest BCUT2D eigenvalue weighted by atomic mass is 79.9. The SMILES string of the molecule is OCC1COc2cccc(Br)c2O1. The van der Waals surface area contributed by atoms with Crippen LogP contribution in [0.1, 0.15) is 0 Å². The van der Waals surface area contributed by atoms with Gasteiger partial charge in [0.05, 0.1) is 11.1 Å². The highest BCUT2D eigenvalue weighted by Crippen LogP contribution is 2.38. The van der Waals surface area contributed by atoms with Crippen molar-refractivity contribution in [3.8, 4) is 11.5 Å². The summed E-state index contributed by atoms with van der Waals surface area (Å²) in [5, 5.41) is 8.89. The summed E-state index contributed by atoms with van der Waals surface area (Å²) in [6, 6.07) is 5.60. The monoisotopic (exact) mass is 244 g/mol. The van der Waals surface area contributed by atoms with Gasteiger partial charge in [0.1, 0.15) is 6.61 Å². The van der Waals surface area contributed by atoms with Crippen molar-refractivity contribution in [1.29, 1.82) is 0 Å². The molecule has 0 amide bonds. The molecule has 13 heavy (non-hydrogen) atoms. The van der Waals surface area contributed by atoms with Crippen molar-refractivity contribution in [2.45, 2.75) is 6.10 Å². The Hall–Kier alpha value is -0.740. The molecule has 1 N–H and O–H groups in total. The Labute approximate surface area is 84.4 Å². The number of aliphatic hydroxyl groups excluding tert-OH is 1. The lowest BCUT2D eigenvalue weighted by molar-refractivity contribution is 0.0449. The number of fused-ring (bicyclic) bond motifs is 1. The van der Waals surface area contributed by atoms with Crippen molar-refractivity contribution in [3.63, 3.8) is 0 Å². The van der Waals surface area contributed by atoms with Crippen LogP contribution in [0.3, 0.4) is 0 Å². The third-order valence-corrected chi connectivity index (χ3v) is 2.47. The van der Waals surface area contributed by atoms with Crippen LogP contribution < -0.4 is 9.47 Å². The molecule has 1 aromatic carbocycles. The molecule has 0 saturated heterocycles. The molecule has 3 nitrogen and oxygen atoms in total. The first-order chi connectivity index (χ1) is 6.31. The fraction of sp³-hybridized carbons (Fsp3) is 0.333. The maximum absolute atomic E-state index is 8.89. The molecule has 0 aromatic heterocycles. The second kappa shape index (κ2) is 3.55. The number of hydrogen-bond donors (Lipinski definition) is 1. The zero-order valence-corrected chi connectivity index (χ0v) is 8.45. The summed E-state index contributed by atoms with van der Waals surface area (Å²) in [6.07, 6.45) is -0.258. The molecule has 0 aliphatic carbocycles.